The molecule has 0 aliphatic rings. The molecule has 0 amide bonds. The van der Waals surface area contributed by atoms with Gasteiger partial charge in [0, 0.05) is 19.3 Å². The topological polar surface area (TPSA) is 78.9 Å². The van der Waals surface area contributed by atoms with E-state index in [4.69, 9.17) is 14.2 Å². The van der Waals surface area contributed by atoms with Crippen molar-refractivity contribution in [1.82, 2.24) is 0 Å². The Balaban J connectivity index is 4.48. The highest BCUT2D eigenvalue weighted by Crippen LogP contribution is 2.15. The van der Waals surface area contributed by atoms with Gasteiger partial charge in [-0.1, -0.05) is 259 Å². The maximum Gasteiger partial charge on any atom is 0.306 e. The third-order valence-corrected chi connectivity index (χ3v) is 10.7. The molecular formula is C58H94O6. The van der Waals surface area contributed by atoms with Crippen molar-refractivity contribution in [2.24, 2.45) is 0 Å². The zero-order valence-corrected chi connectivity index (χ0v) is 41.3. The number of esters is 3. The molecule has 0 saturated carbocycles. The molecule has 0 aromatic heterocycles. The third kappa shape index (κ3) is 49.1. The van der Waals surface area contributed by atoms with Crippen molar-refractivity contribution >= 4 is 17.9 Å². The molecule has 0 aromatic carbocycles. The Labute approximate surface area is 393 Å². The van der Waals surface area contributed by atoms with Gasteiger partial charge >= 0.3 is 17.9 Å². The number of hydrogen-bond donors (Lipinski definition) is 0. The van der Waals surface area contributed by atoms with Gasteiger partial charge < -0.3 is 14.2 Å². The first-order valence-corrected chi connectivity index (χ1v) is 26.0. The summed E-state index contributed by atoms with van der Waals surface area (Å²) in [6.45, 7) is 6.27. The summed E-state index contributed by atoms with van der Waals surface area (Å²) in [5.41, 5.74) is 0. The van der Waals surface area contributed by atoms with Crippen LogP contribution in [-0.2, 0) is 28.6 Å². The van der Waals surface area contributed by atoms with Crippen LogP contribution in [0.5, 0.6) is 0 Å². The molecule has 0 aromatic rings. The number of rotatable bonds is 45. The second-order valence-corrected chi connectivity index (χ2v) is 16.9. The second-order valence-electron chi connectivity index (χ2n) is 16.9. The van der Waals surface area contributed by atoms with Gasteiger partial charge in [0.2, 0.25) is 0 Å². The van der Waals surface area contributed by atoms with Gasteiger partial charge in [-0.25, -0.2) is 0 Å². The number of allylic oxidation sites excluding steroid dienone is 18. The Bertz CT molecular complexity index is 1340. The quantitative estimate of drug-likeness (QED) is 0.0262. The predicted octanol–water partition coefficient (Wildman–Crippen LogP) is 17.1. The number of carbonyl (C=O) groups excluding carboxylic acids is 3. The largest absolute Gasteiger partial charge is 0.462 e. The molecule has 0 fully saturated rings. The minimum Gasteiger partial charge on any atom is -0.462 e. The smallest absolute Gasteiger partial charge is 0.306 e. The molecule has 0 rings (SSSR count). The molecule has 6 nitrogen and oxygen atoms in total. The molecule has 0 N–H and O–H groups in total. The number of hydrogen-bond acceptors (Lipinski definition) is 6. The van der Waals surface area contributed by atoms with Crippen molar-refractivity contribution in [2.45, 2.75) is 226 Å². The number of unbranched alkanes of at least 4 members (excludes halogenated alkanes) is 23. The average Bonchev–Trinajstić information content (AvgIpc) is 3.29. The van der Waals surface area contributed by atoms with Crippen molar-refractivity contribution in [1.29, 1.82) is 0 Å². The SMILES string of the molecule is CC/C=C/C=C/C=C/C=C/C=C/CCCC(=O)OCC(COC(=O)CCCCCCCCCCCCCCCCCCCC)OC(=O)CCCCCCC/C=C/C=C/C=C/C=C/CC. The van der Waals surface area contributed by atoms with Crippen LogP contribution in [0.15, 0.2) is 109 Å². The predicted molar refractivity (Wildman–Crippen MR) is 274 cm³/mol. The third-order valence-electron chi connectivity index (χ3n) is 10.7. The van der Waals surface area contributed by atoms with E-state index in [1.54, 1.807) is 0 Å². The molecular weight excluding hydrogens is 793 g/mol. The zero-order chi connectivity index (χ0) is 46.5. The maximum absolute atomic E-state index is 12.8. The number of carbonyl (C=O) groups is 3. The van der Waals surface area contributed by atoms with E-state index in [-0.39, 0.29) is 44.0 Å². The van der Waals surface area contributed by atoms with Crippen LogP contribution >= 0.6 is 0 Å². The van der Waals surface area contributed by atoms with Crippen LogP contribution in [0.2, 0.25) is 0 Å². The molecule has 1 unspecified atom stereocenters. The Hall–Kier alpha value is -3.93. The van der Waals surface area contributed by atoms with Crippen molar-refractivity contribution in [3.05, 3.63) is 109 Å². The Morgan fingerprint density at radius 3 is 1.02 bits per heavy atom. The van der Waals surface area contributed by atoms with Crippen LogP contribution in [-0.4, -0.2) is 37.2 Å². The van der Waals surface area contributed by atoms with E-state index in [9.17, 15) is 14.4 Å². The standard InChI is InChI=1S/C58H94O6/c1-4-7-10-13-16-19-22-25-27-28-29-31-33-36-39-42-45-48-51-57(60)63-54-55(53-62-56(59)50-47-44-41-38-35-32-24-21-18-15-12-9-6-3)64-58(61)52-49-46-43-40-37-34-30-26-23-20-17-14-11-8-5-2/h8-9,11-12,14-15,17-18,20-21,23-24,26,30,32,35,38,41,55H,4-7,10,13,16,19,22,25,27-29,31,33-34,36-37,39-40,42-54H2,1-3H3/b11-8+,12-9+,17-14+,18-15+,23-20+,24-21+,30-26+,35-32+,41-38+. The van der Waals surface area contributed by atoms with Gasteiger partial charge in [0.25, 0.3) is 0 Å². The van der Waals surface area contributed by atoms with E-state index >= 15 is 0 Å². The average molecular weight is 887 g/mol. The fraction of sp³-hybridized carbons (Fsp3) is 0.638. The molecule has 362 valence electrons. The first-order chi connectivity index (χ1) is 31.5. The lowest BCUT2D eigenvalue weighted by atomic mass is 10.0. The lowest BCUT2D eigenvalue weighted by Crippen LogP contribution is -2.30. The van der Waals surface area contributed by atoms with Gasteiger partial charge in [-0.2, -0.15) is 0 Å². The molecule has 0 aliphatic carbocycles. The van der Waals surface area contributed by atoms with Crippen molar-refractivity contribution < 1.29 is 28.6 Å². The fourth-order valence-corrected chi connectivity index (χ4v) is 6.89. The van der Waals surface area contributed by atoms with E-state index in [0.29, 0.717) is 12.8 Å². The summed E-state index contributed by atoms with van der Waals surface area (Å²) in [6.07, 6.45) is 69.4. The molecule has 0 aliphatic heterocycles. The van der Waals surface area contributed by atoms with Crippen LogP contribution in [0, 0.1) is 0 Å². The summed E-state index contributed by atoms with van der Waals surface area (Å²) in [7, 11) is 0. The highest BCUT2D eigenvalue weighted by molar-refractivity contribution is 5.71. The van der Waals surface area contributed by atoms with Crippen LogP contribution in [0.3, 0.4) is 0 Å². The molecule has 0 spiro atoms. The first-order valence-electron chi connectivity index (χ1n) is 26.0. The molecule has 0 heterocycles. The summed E-state index contributed by atoms with van der Waals surface area (Å²) in [5.74, 6) is -1.01. The summed E-state index contributed by atoms with van der Waals surface area (Å²) in [6, 6.07) is 0. The van der Waals surface area contributed by atoms with Crippen LogP contribution < -0.4 is 0 Å². The Morgan fingerprint density at radius 2 is 0.625 bits per heavy atom. The lowest BCUT2D eigenvalue weighted by Gasteiger charge is -2.18. The lowest BCUT2D eigenvalue weighted by molar-refractivity contribution is -0.167. The first kappa shape index (κ1) is 60.1. The van der Waals surface area contributed by atoms with Crippen molar-refractivity contribution in [2.75, 3.05) is 13.2 Å². The van der Waals surface area contributed by atoms with E-state index in [0.717, 1.165) is 77.0 Å². The minimum atomic E-state index is -0.819. The second kappa shape index (κ2) is 51.7. The molecule has 6 heteroatoms. The zero-order valence-electron chi connectivity index (χ0n) is 41.3. The maximum atomic E-state index is 12.8. The Morgan fingerprint density at radius 1 is 0.328 bits per heavy atom. The summed E-state index contributed by atoms with van der Waals surface area (Å²) >= 11 is 0. The van der Waals surface area contributed by atoms with Gasteiger partial charge in [0.15, 0.2) is 6.10 Å². The summed E-state index contributed by atoms with van der Waals surface area (Å²) < 4.78 is 16.7. The van der Waals surface area contributed by atoms with Gasteiger partial charge in [0.1, 0.15) is 13.2 Å². The molecule has 0 bridgehead atoms. The van der Waals surface area contributed by atoms with Crippen molar-refractivity contribution in [3.63, 3.8) is 0 Å². The van der Waals surface area contributed by atoms with E-state index in [1.807, 2.05) is 79.0 Å². The van der Waals surface area contributed by atoms with Gasteiger partial charge in [0.05, 0.1) is 0 Å². The highest BCUT2D eigenvalue weighted by atomic mass is 16.6. The van der Waals surface area contributed by atoms with Crippen LogP contribution in [0.25, 0.3) is 0 Å². The van der Waals surface area contributed by atoms with E-state index in [1.165, 1.54) is 96.3 Å². The fourth-order valence-electron chi connectivity index (χ4n) is 6.89. The van der Waals surface area contributed by atoms with Gasteiger partial charge in [-0.3, -0.25) is 14.4 Å². The number of ether oxygens (including phenoxy) is 3. The van der Waals surface area contributed by atoms with Gasteiger partial charge in [-0.05, 0) is 51.4 Å². The van der Waals surface area contributed by atoms with Crippen LogP contribution in [0.4, 0.5) is 0 Å². The minimum absolute atomic E-state index is 0.111. The molecule has 0 saturated heterocycles. The highest BCUT2D eigenvalue weighted by Gasteiger charge is 2.19. The normalized spacial score (nSPS) is 13.0. The monoisotopic (exact) mass is 887 g/mol. The summed E-state index contributed by atoms with van der Waals surface area (Å²) in [4.78, 5) is 38.0. The van der Waals surface area contributed by atoms with Crippen molar-refractivity contribution in [3.8, 4) is 0 Å². The molecule has 0 radical (unpaired) electrons. The van der Waals surface area contributed by atoms with E-state index < -0.39 is 6.10 Å². The van der Waals surface area contributed by atoms with Gasteiger partial charge in [-0.15, -0.1) is 0 Å². The van der Waals surface area contributed by atoms with Crippen LogP contribution in [0.1, 0.15) is 220 Å². The van der Waals surface area contributed by atoms with E-state index in [2.05, 4.69) is 51.2 Å². The molecule has 1 atom stereocenters. The Kier molecular flexibility index (Phi) is 48.5. The summed E-state index contributed by atoms with van der Waals surface area (Å²) in [5, 5.41) is 0. The molecule has 64 heavy (non-hydrogen) atoms.